The first-order valence-corrected chi connectivity index (χ1v) is 8.12. The van der Waals surface area contributed by atoms with Crippen LogP contribution in [0.4, 0.5) is 0 Å². The zero-order chi connectivity index (χ0) is 16.8. The summed E-state index contributed by atoms with van der Waals surface area (Å²) in [6.45, 7) is 7.54. The molecule has 1 amide bonds. The summed E-state index contributed by atoms with van der Waals surface area (Å²) in [4.78, 5) is 12.2. The van der Waals surface area contributed by atoms with Crippen LogP contribution in [0.2, 0.25) is 5.02 Å². The molecule has 0 spiro atoms. The molecule has 0 aliphatic heterocycles. The minimum Gasteiger partial charge on any atom is -0.493 e. The van der Waals surface area contributed by atoms with Crippen molar-refractivity contribution in [1.82, 2.24) is 15.1 Å². The van der Waals surface area contributed by atoms with Gasteiger partial charge in [0, 0.05) is 13.1 Å². The minimum atomic E-state index is -0.125. The van der Waals surface area contributed by atoms with E-state index in [9.17, 15) is 4.79 Å². The first-order chi connectivity index (χ1) is 11.0. The molecule has 2 aromatic rings. The van der Waals surface area contributed by atoms with Crippen LogP contribution < -0.4 is 10.1 Å². The summed E-state index contributed by atoms with van der Waals surface area (Å²) in [7, 11) is 0. The summed E-state index contributed by atoms with van der Waals surface area (Å²) in [5.41, 5.74) is 2.35. The van der Waals surface area contributed by atoms with E-state index in [-0.39, 0.29) is 5.91 Å². The highest BCUT2D eigenvalue weighted by Gasteiger charge is 2.12. The lowest BCUT2D eigenvalue weighted by atomic mass is 10.2. The number of nitrogens with zero attached hydrogens (tertiary/aromatic N) is 2. The maximum Gasteiger partial charge on any atom is 0.255 e. The average molecular weight is 336 g/mol. The number of aromatic nitrogens is 2. The van der Waals surface area contributed by atoms with Crippen molar-refractivity contribution in [2.24, 2.45) is 0 Å². The van der Waals surface area contributed by atoms with Crippen molar-refractivity contribution in [2.45, 2.75) is 33.7 Å². The van der Waals surface area contributed by atoms with Gasteiger partial charge in [0.05, 0.1) is 28.6 Å². The standard InChI is InChI=1S/C17H22ClN3O2/c1-4-23-15-9-6-5-8-14(15)17(22)19-10-7-11-21-13(3)16(18)12(2)20-21/h5-6,8-9H,4,7,10-11H2,1-3H3,(H,19,22). The maximum absolute atomic E-state index is 12.2. The molecule has 5 nitrogen and oxygen atoms in total. The number of amides is 1. The van der Waals surface area contributed by atoms with E-state index in [1.165, 1.54) is 0 Å². The summed E-state index contributed by atoms with van der Waals surface area (Å²) < 4.78 is 7.35. The van der Waals surface area contributed by atoms with Crippen molar-refractivity contribution in [3.8, 4) is 5.75 Å². The normalized spacial score (nSPS) is 10.6. The largest absolute Gasteiger partial charge is 0.493 e. The molecule has 2 rings (SSSR count). The molecule has 0 aliphatic rings. The van der Waals surface area contributed by atoms with E-state index >= 15 is 0 Å². The van der Waals surface area contributed by atoms with Crippen molar-refractivity contribution < 1.29 is 9.53 Å². The molecule has 1 N–H and O–H groups in total. The minimum absolute atomic E-state index is 0.125. The Balaban J connectivity index is 1.87. The molecule has 0 saturated heterocycles. The van der Waals surface area contributed by atoms with Gasteiger partial charge in [-0.15, -0.1) is 0 Å². The monoisotopic (exact) mass is 335 g/mol. The van der Waals surface area contributed by atoms with Crippen LogP contribution in [0.25, 0.3) is 0 Å². The third-order valence-electron chi connectivity index (χ3n) is 3.56. The molecular weight excluding hydrogens is 314 g/mol. The molecule has 1 aromatic carbocycles. The Bertz CT molecular complexity index is 682. The molecule has 0 unspecified atom stereocenters. The van der Waals surface area contributed by atoms with E-state index in [1.54, 1.807) is 12.1 Å². The van der Waals surface area contributed by atoms with Gasteiger partial charge in [-0.25, -0.2) is 0 Å². The fourth-order valence-corrected chi connectivity index (χ4v) is 2.49. The lowest BCUT2D eigenvalue weighted by Gasteiger charge is -2.10. The van der Waals surface area contributed by atoms with Gasteiger partial charge in [-0.2, -0.15) is 5.10 Å². The molecule has 1 heterocycles. The van der Waals surface area contributed by atoms with Crippen LogP contribution in [0, 0.1) is 13.8 Å². The van der Waals surface area contributed by atoms with Crippen molar-refractivity contribution >= 4 is 17.5 Å². The highest BCUT2D eigenvalue weighted by molar-refractivity contribution is 6.31. The fourth-order valence-electron chi connectivity index (χ4n) is 2.35. The van der Waals surface area contributed by atoms with E-state index < -0.39 is 0 Å². The Hall–Kier alpha value is -2.01. The molecule has 23 heavy (non-hydrogen) atoms. The Morgan fingerprint density at radius 2 is 2.09 bits per heavy atom. The lowest BCUT2D eigenvalue weighted by Crippen LogP contribution is -2.26. The number of ether oxygens (including phenoxy) is 1. The molecule has 124 valence electrons. The van der Waals surface area contributed by atoms with Crippen LogP contribution in [0.5, 0.6) is 5.75 Å². The average Bonchev–Trinajstić information content (AvgIpc) is 2.79. The summed E-state index contributed by atoms with van der Waals surface area (Å²) in [5.74, 6) is 0.485. The molecule has 0 radical (unpaired) electrons. The number of rotatable bonds is 7. The van der Waals surface area contributed by atoms with Crippen LogP contribution in [-0.2, 0) is 6.54 Å². The van der Waals surface area contributed by atoms with E-state index in [1.807, 2.05) is 37.6 Å². The second-order valence-electron chi connectivity index (χ2n) is 5.25. The zero-order valence-corrected chi connectivity index (χ0v) is 14.5. The van der Waals surface area contributed by atoms with Gasteiger partial charge in [-0.1, -0.05) is 23.7 Å². The predicted molar refractivity (Wildman–Crippen MR) is 91.3 cm³/mol. The van der Waals surface area contributed by atoms with Gasteiger partial charge in [0.1, 0.15) is 5.75 Å². The van der Waals surface area contributed by atoms with Gasteiger partial charge in [0.15, 0.2) is 0 Å². The van der Waals surface area contributed by atoms with Crippen LogP contribution in [0.1, 0.15) is 35.1 Å². The smallest absolute Gasteiger partial charge is 0.255 e. The molecule has 0 fully saturated rings. The highest BCUT2D eigenvalue weighted by Crippen LogP contribution is 2.19. The quantitative estimate of drug-likeness (QED) is 0.789. The number of halogens is 1. The Labute approximate surface area is 141 Å². The summed E-state index contributed by atoms with van der Waals surface area (Å²) in [6, 6.07) is 7.25. The Kier molecular flexibility index (Phi) is 6.04. The number of aryl methyl sites for hydroxylation is 2. The maximum atomic E-state index is 12.2. The first-order valence-electron chi connectivity index (χ1n) is 7.74. The lowest BCUT2D eigenvalue weighted by molar-refractivity contribution is 0.0949. The Morgan fingerprint density at radius 1 is 1.35 bits per heavy atom. The van der Waals surface area contributed by atoms with E-state index in [0.29, 0.717) is 36.0 Å². The molecule has 1 aromatic heterocycles. The first kappa shape index (κ1) is 17.3. The number of carbonyl (C=O) groups excluding carboxylic acids is 1. The van der Waals surface area contributed by atoms with Gasteiger partial charge in [-0.05, 0) is 39.3 Å². The molecular formula is C17H22ClN3O2. The topological polar surface area (TPSA) is 56.1 Å². The number of benzene rings is 1. The second kappa shape index (κ2) is 8.02. The molecule has 0 saturated carbocycles. The van der Waals surface area contributed by atoms with Crippen LogP contribution in [-0.4, -0.2) is 28.8 Å². The SMILES string of the molecule is CCOc1ccccc1C(=O)NCCCn1nc(C)c(Cl)c1C. The van der Waals surface area contributed by atoms with Crippen LogP contribution >= 0.6 is 11.6 Å². The van der Waals surface area contributed by atoms with Gasteiger partial charge in [0.2, 0.25) is 0 Å². The Morgan fingerprint density at radius 3 is 2.74 bits per heavy atom. The highest BCUT2D eigenvalue weighted by atomic mass is 35.5. The zero-order valence-electron chi connectivity index (χ0n) is 13.7. The van der Waals surface area contributed by atoms with Crippen LogP contribution in [0.15, 0.2) is 24.3 Å². The summed E-state index contributed by atoms with van der Waals surface area (Å²) >= 11 is 6.12. The fraction of sp³-hybridized carbons (Fsp3) is 0.412. The second-order valence-corrected chi connectivity index (χ2v) is 5.62. The van der Waals surface area contributed by atoms with Crippen molar-refractivity contribution in [2.75, 3.05) is 13.2 Å². The number of carbonyl (C=O) groups is 1. The van der Waals surface area contributed by atoms with Gasteiger partial charge in [0.25, 0.3) is 5.91 Å². The third-order valence-corrected chi connectivity index (χ3v) is 4.10. The summed E-state index contributed by atoms with van der Waals surface area (Å²) in [6.07, 6.45) is 0.779. The van der Waals surface area contributed by atoms with E-state index in [4.69, 9.17) is 16.3 Å². The molecule has 0 atom stereocenters. The molecule has 0 bridgehead atoms. The number of para-hydroxylation sites is 1. The van der Waals surface area contributed by atoms with Crippen molar-refractivity contribution in [3.05, 3.63) is 46.2 Å². The van der Waals surface area contributed by atoms with Crippen molar-refractivity contribution in [3.63, 3.8) is 0 Å². The van der Waals surface area contributed by atoms with Gasteiger partial charge in [-0.3, -0.25) is 9.48 Å². The number of hydrogen-bond donors (Lipinski definition) is 1. The van der Waals surface area contributed by atoms with Gasteiger partial charge >= 0.3 is 0 Å². The van der Waals surface area contributed by atoms with E-state index in [0.717, 1.165) is 17.8 Å². The summed E-state index contributed by atoms with van der Waals surface area (Å²) in [5, 5.41) is 8.00. The molecule has 6 heteroatoms. The molecule has 0 aliphatic carbocycles. The number of nitrogens with one attached hydrogen (secondary N) is 1. The van der Waals surface area contributed by atoms with Gasteiger partial charge < -0.3 is 10.1 Å². The van der Waals surface area contributed by atoms with Crippen molar-refractivity contribution in [1.29, 1.82) is 0 Å². The third kappa shape index (κ3) is 4.26. The van der Waals surface area contributed by atoms with Crippen LogP contribution in [0.3, 0.4) is 0 Å². The van der Waals surface area contributed by atoms with E-state index in [2.05, 4.69) is 10.4 Å². The number of hydrogen-bond acceptors (Lipinski definition) is 3. The predicted octanol–water partition coefficient (Wildman–Crippen LogP) is 3.37.